The molecule has 2 N–H and O–H groups in total. The Morgan fingerprint density at radius 2 is 2.31 bits per heavy atom. The Bertz CT molecular complexity index is 355. The van der Waals surface area contributed by atoms with Gasteiger partial charge in [-0.25, -0.2) is 9.78 Å². The molecule has 0 atom stereocenters. The summed E-state index contributed by atoms with van der Waals surface area (Å²) < 4.78 is 4.69. The monoisotopic (exact) mass is 242 g/mol. The molecule has 0 saturated heterocycles. The summed E-state index contributed by atoms with van der Waals surface area (Å²) in [6, 6.07) is 0. The maximum absolute atomic E-state index is 11.2. The quantitative estimate of drug-likeness (QED) is 0.843. The molecule has 16 heavy (non-hydrogen) atoms. The molecule has 1 aromatic heterocycles. The number of carbonyl (C=O) groups excluding carboxylic acids is 1. The minimum Gasteiger partial charge on any atom is -0.447 e. The highest BCUT2D eigenvalue weighted by molar-refractivity contribution is 7.15. The number of nitrogens with zero attached hydrogens (tertiary/aromatic N) is 1. The van der Waals surface area contributed by atoms with Crippen LogP contribution in [0.15, 0.2) is 0 Å². The van der Waals surface area contributed by atoms with Crippen molar-refractivity contribution in [3.63, 3.8) is 0 Å². The number of rotatable bonds is 3. The zero-order valence-corrected chi connectivity index (χ0v) is 9.68. The van der Waals surface area contributed by atoms with Gasteiger partial charge in [0.05, 0.1) is 12.3 Å². The molecule has 5 nitrogen and oxygen atoms in total. The van der Waals surface area contributed by atoms with Crippen LogP contribution in [-0.4, -0.2) is 29.4 Å². The SMILES string of the molecule is O=C(Nc1nc2c(s1)CCCC2)OCCO. The van der Waals surface area contributed by atoms with E-state index < -0.39 is 6.09 Å². The second-order valence-corrected chi connectivity index (χ2v) is 4.66. The first-order valence-corrected chi connectivity index (χ1v) is 6.14. The van der Waals surface area contributed by atoms with Crippen molar-refractivity contribution < 1.29 is 14.6 Å². The van der Waals surface area contributed by atoms with Gasteiger partial charge in [-0.1, -0.05) is 0 Å². The number of aryl methyl sites for hydroxylation is 2. The summed E-state index contributed by atoms with van der Waals surface area (Å²) in [5.74, 6) is 0. The van der Waals surface area contributed by atoms with Gasteiger partial charge in [0, 0.05) is 4.88 Å². The second kappa shape index (κ2) is 5.27. The predicted octanol–water partition coefficient (Wildman–Crippen LogP) is 1.56. The van der Waals surface area contributed by atoms with Gasteiger partial charge in [0.2, 0.25) is 0 Å². The van der Waals surface area contributed by atoms with Crippen LogP contribution >= 0.6 is 11.3 Å². The Morgan fingerprint density at radius 3 is 3.06 bits per heavy atom. The van der Waals surface area contributed by atoms with Crippen LogP contribution in [0.2, 0.25) is 0 Å². The van der Waals surface area contributed by atoms with Crippen molar-refractivity contribution in [3.05, 3.63) is 10.6 Å². The third-order valence-electron chi connectivity index (χ3n) is 2.38. The van der Waals surface area contributed by atoms with E-state index in [2.05, 4.69) is 10.3 Å². The Hall–Kier alpha value is -1.14. The standard InChI is InChI=1S/C10H14N2O3S/c13-5-6-15-10(14)12-9-11-7-3-1-2-4-8(7)16-9/h13H,1-6H2,(H,11,12,14). The van der Waals surface area contributed by atoms with Crippen molar-refractivity contribution in [2.45, 2.75) is 25.7 Å². The van der Waals surface area contributed by atoms with Crippen molar-refractivity contribution in [1.29, 1.82) is 0 Å². The third kappa shape index (κ3) is 2.70. The van der Waals surface area contributed by atoms with E-state index in [0.29, 0.717) is 5.13 Å². The lowest BCUT2D eigenvalue weighted by atomic mass is 10.0. The van der Waals surface area contributed by atoms with Crippen molar-refractivity contribution in [1.82, 2.24) is 4.98 Å². The first-order valence-electron chi connectivity index (χ1n) is 5.33. The average molecular weight is 242 g/mol. The summed E-state index contributed by atoms with van der Waals surface area (Å²) in [5.41, 5.74) is 1.11. The van der Waals surface area contributed by atoms with Crippen LogP contribution in [0, 0.1) is 0 Å². The van der Waals surface area contributed by atoms with Gasteiger partial charge in [0.15, 0.2) is 5.13 Å². The van der Waals surface area contributed by atoms with Crippen LogP contribution in [0.5, 0.6) is 0 Å². The molecule has 0 bridgehead atoms. The zero-order chi connectivity index (χ0) is 11.4. The number of nitrogens with one attached hydrogen (secondary N) is 1. The Balaban J connectivity index is 1.94. The van der Waals surface area contributed by atoms with E-state index in [-0.39, 0.29) is 13.2 Å². The summed E-state index contributed by atoms with van der Waals surface area (Å²) in [5, 5.41) is 11.7. The van der Waals surface area contributed by atoms with Crippen molar-refractivity contribution in [2.24, 2.45) is 0 Å². The molecule has 1 aromatic rings. The van der Waals surface area contributed by atoms with Gasteiger partial charge in [-0.15, -0.1) is 11.3 Å². The highest BCUT2D eigenvalue weighted by Crippen LogP contribution is 2.29. The van der Waals surface area contributed by atoms with Crippen LogP contribution in [-0.2, 0) is 17.6 Å². The van der Waals surface area contributed by atoms with Crippen LogP contribution in [0.25, 0.3) is 0 Å². The normalized spacial score (nSPS) is 14.3. The Kier molecular flexibility index (Phi) is 3.74. The number of aliphatic hydroxyl groups excluding tert-OH is 1. The van der Waals surface area contributed by atoms with Crippen LogP contribution < -0.4 is 5.32 Å². The molecule has 2 rings (SSSR count). The van der Waals surface area contributed by atoms with E-state index in [0.717, 1.165) is 18.5 Å². The third-order valence-corrected chi connectivity index (χ3v) is 3.45. The van der Waals surface area contributed by atoms with Gasteiger partial charge in [0.1, 0.15) is 6.61 Å². The zero-order valence-electron chi connectivity index (χ0n) is 8.86. The van der Waals surface area contributed by atoms with Crippen molar-refractivity contribution >= 4 is 22.6 Å². The molecular formula is C10H14N2O3S. The van der Waals surface area contributed by atoms with E-state index in [1.54, 1.807) is 0 Å². The number of hydrogen-bond donors (Lipinski definition) is 2. The molecule has 0 fully saturated rings. The first-order chi connectivity index (χ1) is 7.79. The maximum atomic E-state index is 11.2. The number of fused-ring (bicyclic) bond motifs is 1. The molecule has 1 amide bonds. The fraction of sp³-hybridized carbons (Fsp3) is 0.600. The number of carbonyl (C=O) groups is 1. The summed E-state index contributed by atoms with van der Waals surface area (Å²) in [6.07, 6.45) is 3.87. The number of anilines is 1. The molecule has 1 aliphatic rings. The molecule has 6 heteroatoms. The van der Waals surface area contributed by atoms with Gasteiger partial charge in [-0.05, 0) is 25.7 Å². The van der Waals surface area contributed by atoms with Gasteiger partial charge in [-0.3, -0.25) is 5.32 Å². The molecule has 0 aliphatic heterocycles. The average Bonchev–Trinajstić information content (AvgIpc) is 2.68. The number of ether oxygens (including phenoxy) is 1. The van der Waals surface area contributed by atoms with Gasteiger partial charge >= 0.3 is 6.09 Å². The summed E-state index contributed by atoms with van der Waals surface area (Å²) >= 11 is 1.51. The molecule has 1 aliphatic carbocycles. The van der Waals surface area contributed by atoms with E-state index in [1.165, 1.54) is 29.1 Å². The van der Waals surface area contributed by atoms with Crippen LogP contribution in [0.4, 0.5) is 9.93 Å². The number of thiazole rings is 1. The van der Waals surface area contributed by atoms with Crippen molar-refractivity contribution in [3.8, 4) is 0 Å². The number of amides is 1. The predicted molar refractivity (Wildman–Crippen MR) is 60.8 cm³/mol. The smallest absolute Gasteiger partial charge is 0.413 e. The largest absolute Gasteiger partial charge is 0.447 e. The number of aliphatic hydroxyl groups is 1. The highest BCUT2D eigenvalue weighted by atomic mass is 32.1. The van der Waals surface area contributed by atoms with Crippen LogP contribution in [0.3, 0.4) is 0 Å². The second-order valence-electron chi connectivity index (χ2n) is 3.58. The fourth-order valence-corrected chi connectivity index (χ4v) is 2.70. The molecule has 1 heterocycles. The van der Waals surface area contributed by atoms with Crippen molar-refractivity contribution in [2.75, 3.05) is 18.5 Å². The number of hydrogen-bond acceptors (Lipinski definition) is 5. The van der Waals surface area contributed by atoms with E-state index in [4.69, 9.17) is 9.84 Å². The minimum atomic E-state index is -0.555. The van der Waals surface area contributed by atoms with Crippen LogP contribution in [0.1, 0.15) is 23.4 Å². The molecule has 0 aromatic carbocycles. The molecule has 0 saturated carbocycles. The summed E-state index contributed by atoms with van der Waals surface area (Å²) in [6.45, 7) is -0.154. The summed E-state index contributed by atoms with van der Waals surface area (Å²) in [7, 11) is 0. The van der Waals surface area contributed by atoms with Gasteiger partial charge in [0.25, 0.3) is 0 Å². The number of aromatic nitrogens is 1. The van der Waals surface area contributed by atoms with Gasteiger partial charge < -0.3 is 9.84 Å². The highest BCUT2D eigenvalue weighted by Gasteiger charge is 2.16. The fourth-order valence-electron chi connectivity index (χ4n) is 1.67. The first kappa shape index (κ1) is 11.3. The lowest BCUT2D eigenvalue weighted by Crippen LogP contribution is -2.15. The van der Waals surface area contributed by atoms with E-state index in [1.807, 2.05) is 0 Å². The Morgan fingerprint density at radius 1 is 1.50 bits per heavy atom. The molecule has 0 radical (unpaired) electrons. The van der Waals surface area contributed by atoms with Gasteiger partial charge in [-0.2, -0.15) is 0 Å². The maximum Gasteiger partial charge on any atom is 0.413 e. The topological polar surface area (TPSA) is 71.5 Å². The van der Waals surface area contributed by atoms with E-state index >= 15 is 0 Å². The van der Waals surface area contributed by atoms with E-state index in [9.17, 15) is 4.79 Å². The Labute approximate surface area is 97.5 Å². The minimum absolute atomic E-state index is 0.0108. The molecule has 0 unspecified atom stereocenters. The lowest BCUT2D eigenvalue weighted by Gasteiger charge is -2.06. The molecule has 88 valence electrons. The lowest BCUT2D eigenvalue weighted by molar-refractivity contribution is 0.131. The molecular weight excluding hydrogens is 228 g/mol. The summed E-state index contributed by atoms with van der Waals surface area (Å²) in [4.78, 5) is 16.8. The molecule has 0 spiro atoms.